The Kier molecular flexibility index (Phi) is 4.84. The Bertz CT molecular complexity index is 1030. The predicted molar refractivity (Wildman–Crippen MR) is 101 cm³/mol. The summed E-state index contributed by atoms with van der Waals surface area (Å²) in [4.78, 5) is 25.3. The molecular weight excluding hydrogens is 361 g/mol. The minimum atomic E-state index is -0.561. The van der Waals surface area contributed by atoms with Crippen LogP contribution in [0.3, 0.4) is 0 Å². The number of rotatable bonds is 3. The van der Waals surface area contributed by atoms with Gasteiger partial charge in [-0.2, -0.15) is 0 Å². The van der Waals surface area contributed by atoms with E-state index in [0.717, 1.165) is 5.56 Å². The molecule has 0 aliphatic heterocycles. The van der Waals surface area contributed by atoms with E-state index in [-0.39, 0.29) is 22.9 Å². The number of carbonyl (C=O) groups is 1. The Morgan fingerprint density at radius 3 is 2.28 bits per heavy atom. The zero-order chi connectivity index (χ0) is 18.1. The third-order valence-electron chi connectivity index (χ3n) is 3.97. The van der Waals surface area contributed by atoms with Crippen molar-refractivity contribution in [2.24, 2.45) is 7.05 Å². The maximum absolute atomic E-state index is 12.8. The normalized spacial score (nSPS) is 10.9. The first-order valence-corrected chi connectivity index (χ1v) is 8.45. The molecule has 4 nitrogen and oxygen atoms in total. The molecule has 0 saturated carbocycles. The number of hydrogen-bond donors (Lipinski definition) is 0. The summed E-state index contributed by atoms with van der Waals surface area (Å²) in [5, 5.41) is 1.55. The van der Waals surface area contributed by atoms with Gasteiger partial charge in [0.15, 0.2) is 0 Å². The molecule has 0 aliphatic carbocycles. The molecule has 0 radical (unpaired) electrons. The van der Waals surface area contributed by atoms with E-state index in [1.165, 1.54) is 10.6 Å². The van der Waals surface area contributed by atoms with Crippen LogP contribution in [0.1, 0.15) is 17.4 Å². The topological polar surface area (TPSA) is 48.3 Å². The molecule has 0 unspecified atom stereocenters. The number of pyridine rings is 1. The van der Waals surface area contributed by atoms with Crippen LogP contribution in [-0.4, -0.2) is 17.1 Å². The highest BCUT2D eigenvalue weighted by Crippen LogP contribution is 2.35. The zero-order valence-corrected chi connectivity index (χ0v) is 15.2. The van der Waals surface area contributed by atoms with Crippen molar-refractivity contribution in [1.29, 1.82) is 0 Å². The highest BCUT2D eigenvalue weighted by Gasteiger charge is 2.23. The Labute approximate surface area is 154 Å². The molecule has 1 heterocycles. The van der Waals surface area contributed by atoms with Crippen molar-refractivity contribution < 1.29 is 9.53 Å². The molecule has 0 bridgehead atoms. The largest absolute Gasteiger partial charge is 0.461 e. The quantitative estimate of drug-likeness (QED) is 0.623. The molecule has 1 aromatic heterocycles. The first-order valence-electron chi connectivity index (χ1n) is 7.70. The number of nitrogens with zero attached hydrogens (tertiary/aromatic N) is 1. The van der Waals surface area contributed by atoms with Gasteiger partial charge in [-0.25, -0.2) is 4.79 Å². The summed E-state index contributed by atoms with van der Waals surface area (Å²) in [6.07, 6.45) is 0. The van der Waals surface area contributed by atoms with Gasteiger partial charge < -0.3 is 9.30 Å². The molecule has 3 aromatic rings. The van der Waals surface area contributed by atoms with Crippen molar-refractivity contribution in [3.05, 3.63) is 68.6 Å². The molecule has 25 heavy (non-hydrogen) atoms. The molecule has 0 atom stereocenters. The van der Waals surface area contributed by atoms with Crippen molar-refractivity contribution in [1.82, 2.24) is 4.57 Å². The van der Waals surface area contributed by atoms with E-state index in [9.17, 15) is 9.59 Å². The molecule has 2 aromatic carbocycles. The van der Waals surface area contributed by atoms with E-state index in [2.05, 4.69) is 0 Å². The lowest BCUT2D eigenvalue weighted by molar-refractivity contribution is 0.0515. The highest BCUT2D eigenvalue weighted by atomic mass is 35.5. The maximum atomic E-state index is 12.8. The molecular formula is C19H15Cl2NO3. The van der Waals surface area contributed by atoms with Crippen LogP contribution >= 0.6 is 23.2 Å². The molecule has 0 aliphatic rings. The number of carbonyl (C=O) groups excluding carboxylic acids is 1. The summed E-state index contributed by atoms with van der Waals surface area (Å²) in [7, 11) is 1.54. The van der Waals surface area contributed by atoms with Gasteiger partial charge in [-0.3, -0.25) is 4.79 Å². The second-order valence-corrected chi connectivity index (χ2v) is 6.30. The van der Waals surface area contributed by atoms with Crippen molar-refractivity contribution >= 4 is 39.9 Å². The van der Waals surface area contributed by atoms with Crippen molar-refractivity contribution in [2.45, 2.75) is 6.92 Å². The minimum absolute atomic E-state index is 0.184. The van der Waals surface area contributed by atoms with Gasteiger partial charge >= 0.3 is 5.97 Å². The number of aromatic nitrogens is 1. The van der Waals surface area contributed by atoms with Gasteiger partial charge in [-0.15, -0.1) is 0 Å². The molecule has 0 amide bonds. The summed E-state index contributed by atoms with van der Waals surface area (Å²) < 4.78 is 6.47. The van der Waals surface area contributed by atoms with Crippen LogP contribution < -0.4 is 5.56 Å². The molecule has 128 valence electrons. The SMILES string of the molecule is CCOC(=O)c1c(-c2ccccc2)c2cc(Cl)c(Cl)cc2c(=O)n1C. The molecule has 0 N–H and O–H groups in total. The van der Waals surface area contributed by atoms with E-state index in [0.29, 0.717) is 21.4 Å². The molecule has 0 spiro atoms. The van der Waals surface area contributed by atoms with Gasteiger partial charge in [-0.1, -0.05) is 53.5 Å². The predicted octanol–water partition coefficient (Wildman–Crippen LogP) is 4.69. The number of halogens is 2. The van der Waals surface area contributed by atoms with Crippen LogP contribution in [0.5, 0.6) is 0 Å². The lowest BCUT2D eigenvalue weighted by Crippen LogP contribution is -2.26. The third-order valence-corrected chi connectivity index (χ3v) is 4.69. The van der Waals surface area contributed by atoms with Crippen LogP contribution in [0.25, 0.3) is 21.9 Å². The number of hydrogen-bond acceptors (Lipinski definition) is 3. The second kappa shape index (κ2) is 6.90. The van der Waals surface area contributed by atoms with Crippen LogP contribution in [-0.2, 0) is 11.8 Å². The Morgan fingerprint density at radius 1 is 1.08 bits per heavy atom. The van der Waals surface area contributed by atoms with Crippen molar-refractivity contribution in [3.63, 3.8) is 0 Å². The fraction of sp³-hybridized carbons (Fsp3) is 0.158. The van der Waals surface area contributed by atoms with Crippen LogP contribution in [0.2, 0.25) is 10.0 Å². The summed E-state index contributed by atoms with van der Waals surface area (Å²) >= 11 is 12.3. The summed E-state index contributed by atoms with van der Waals surface area (Å²) in [5.41, 5.74) is 1.22. The molecule has 0 saturated heterocycles. The number of ether oxygens (including phenoxy) is 1. The zero-order valence-electron chi connectivity index (χ0n) is 13.7. The van der Waals surface area contributed by atoms with Gasteiger partial charge in [0, 0.05) is 18.0 Å². The molecule has 6 heteroatoms. The number of esters is 1. The Balaban J connectivity index is 2.53. The first-order chi connectivity index (χ1) is 12.0. The number of benzene rings is 2. The Morgan fingerprint density at radius 2 is 1.68 bits per heavy atom. The van der Waals surface area contributed by atoms with Gasteiger partial charge in [0.05, 0.1) is 16.7 Å². The summed E-state index contributed by atoms with van der Waals surface area (Å²) in [6, 6.07) is 12.5. The van der Waals surface area contributed by atoms with Crippen LogP contribution in [0.15, 0.2) is 47.3 Å². The average Bonchev–Trinajstić information content (AvgIpc) is 2.60. The van der Waals surface area contributed by atoms with E-state index in [1.807, 2.05) is 30.3 Å². The van der Waals surface area contributed by atoms with E-state index in [1.54, 1.807) is 20.0 Å². The highest BCUT2D eigenvalue weighted by molar-refractivity contribution is 6.43. The third kappa shape index (κ3) is 3.03. The van der Waals surface area contributed by atoms with Crippen molar-refractivity contribution in [2.75, 3.05) is 6.61 Å². The van der Waals surface area contributed by atoms with E-state index >= 15 is 0 Å². The van der Waals surface area contributed by atoms with Gasteiger partial charge in [0.2, 0.25) is 0 Å². The second-order valence-electron chi connectivity index (χ2n) is 5.49. The minimum Gasteiger partial charge on any atom is -0.461 e. The van der Waals surface area contributed by atoms with Crippen molar-refractivity contribution in [3.8, 4) is 11.1 Å². The van der Waals surface area contributed by atoms with Crippen LogP contribution in [0, 0.1) is 0 Å². The summed E-state index contributed by atoms with van der Waals surface area (Å²) in [6.45, 7) is 1.93. The monoisotopic (exact) mass is 375 g/mol. The summed E-state index contributed by atoms with van der Waals surface area (Å²) in [5.74, 6) is -0.561. The standard InChI is InChI=1S/C19H15Cl2NO3/c1-3-25-19(24)17-16(11-7-5-4-6-8-11)12-9-14(20)15(21)10-13(12)18(23)22(17)2/h4-10H,3H2,1-2H3. The fourth-order valence-corrected chi connectivity index (χ4v) is 3.17. The fourth-order valence-electron chi connectivity index (χ4n) is 2.84. The van der Waals surface area contributed by atoms with Gasteiger partial charge in [-0.05, 0) is 30.0 Å². The van der Waals surface area contributed by atoms with E-state index < -0.39 is 5.97 Å². The lowest BCUT2D eigenvalue weighted by atomic mass is 9.96. The first kappa shape index (κ1) is 17.5. The van der Waals surface area contributed by atoms with Crippen LogP contribution in [0.4, 0.5) is 0 Å². The van der Waals surface area contributed by atoms with Gasteiger partial charge in [0.25, 0.3) is 5.56 Å². The average molecular weight is 376 g/mol. The molecule has 3 rings (SSSR count). The Hall–Kier alpha value is -2.30. The smallest absolute Gasteiger partial charge is 0.355 e. The number of fused-ring (bicyclic) bond motifs is 1. The van der Waals surface area contributed by atoms with E-state index in [4.69, 9.17) is 27.9 Å². The molecule has 0 fully saturated rings. The maximum Gasteiger partial charge on any atom is 0.355 e. The van der Waals surface area contributed by atoms with Gasteiger partial charge in [0.1, 0.15) is 5.69 Å². The lowest BCUT2D eigenvalue weighted by Gasteiger charge is -2.17.